The predicted octanol–water partition coefficient (Wildman–Crippen LogP) is 7.19. The lowest BCUT2D eigenvalue weighted by atomic mass is 10.2. The summed E-state index contributed by atoms with van der Waals surface area (Å²) in [4.78, 5) is 4.51. The first-order valence-electron chi connectivity index (χ1n) is 7.57. The van der Waals surface area contributed by atoms with Crippen molar-refractivity contribution in [3.63, 3.8) is 0 Å². The van der Waals surface area contributed by atoms with E-state index in [1.807, 2.05) is 66.7 Å². The van der Waals surface area contributed by atoms with Crippen LogP contribution in [0.5, 0.6) is 5.75 Å². The summed E-state index contributed by atoms with van der Waals surface area (Å²) < 4.78 is 7.86. The van der Waals surface area contributed by atoms with Crippen molar-refractivity contribution < 1.29 is 4.74 Å². The molecule has 0 bridgehead atoms. The molecule has 2 nitrogen and oxygen atoms in total. The Bertz CT molecular complexity index is 880. The highest BCUT2D eigenvalue weighted by atomic mass is 79.9. The van der Waals surface area contributed by atoms with Gasteiger partial charge < -0.3 is 4.74 Å². The molecule has 0 amide bonds. The van der Waals surface area contributed by atoms with Crippen molar-refractivity contribution in [3.8, 4) is 5.75 Å². The molecule has 126 valence electrons. The number of ether oxygens (including phenoxy) is 1. The molecule has 0 spiro atoms. The van der Waals surface area contributed by atoms with Crippen LogP contribution in [0.3, 0.4) is 0 Å². The lowest BCUT2D eigenvalue weighted by Gasteiger charge is -2.12. The Balaban J connectivity index is 1.85. The number of rotatable bonds is 5. The summed E-state index contributed by atoms with van der Waals surface area (Å²) in [6, 6.07) is 21.4. The lowest BCUT2D eigenvalue weighted by molar-refractivity contribution is 0.304. The van der Waals surface area contributed by atoms with Crippen LogP contribution in [0.1, 0.15) is 11.1 Å². The maximum absolute atomic E-state index is 6.04. The third-order valence-corrected chi connectivity index (χ3v) is 4.74. The molecule has 0 fully saturated rings. The molecule has 0 heterocycles. The fourth-order valence-corrected chi connectivity index (χ4v) is 3.73. The van der Waals surface area contributed by atoms with Gasteiger partial charge in [0.25, 0.3) is 0 Å². The fourth-order valence-electron chi connectivity index (χ4n) is 2.23. The second-order valence-corrected chi connectivity index (χ2v) is 7.52. The third kappa shape index (κ3) is 5.18. The molecule has 0 unspecified atom stereocenters. The average molecular weight is 480 g/mol. The largest absolute Gasteiger partial charge is 0.487 e. The molecule has 25 heavy (non-hydrogen) atoms. The fraction of sp³-hybridized carbons (Fsp3) is 0.0500. The van der Waals surface area contributed by atoms with Crippen LogP contribution in [0.2, 0.25) is 5.02 Å². The first-order valence-corrected chi connectivity index (χ1v) is 9.53. The molecular weight excluding hydrogens is 465 g/mol. The second-order valence-electron chi connectivity index (χ2n) is 5.31. The normalized spacial score (nSPS) is 11.0. The topological polar surface area (TPSA) is 21.6 Å². The van der Waals surface area contributed by atoms with Gasteiger partial charge in [-0.3, -0.25) is 4.99 Å². The minimum Gasteiger partial charge on any atom is -0.487 e. The Morgan fingerprint density at radius 2 is 1.68 bits per heavy atom. The zero-order chi connectivity index (χ0) is 17.6. The molecule has 0 atom stereocenters. The second kappa shape index (κ2) is 8.65. The van der Waals surface area contributed by atoms with E-state index in [0.717, 1.165) is 31.5 Å². The summed E-state index contributed by atoms with van der Waals surface area (Å²) in [7, 11) is 0. The number of aliphatic imine (C=N–C) groups is 1. The van der Waals surface area contributed by atoms with Crippen LogP contribution in [-0.2, 0) is 6.61 Å². The summed E-state index contributed by atoms with van der Waals surface area (Å²) in [5, 5.41) is 0.691. The van der Waals surface area contributed by atoms with Gasteiger partial charge in [-0.25, -0.2) is 0 Å². The van der Waals surface area contributed by atoms with Crippen molar-refractivity contribution in [2.45, 2.75) is 6.61 Å². The van der Waals surface area contributed by atoms with E-state index >= 15 is 0 Å². The summed E-state index contributed by atoms with van der Waals surface area (Å²) in [5.41, 5.74) is 2.82. The molecule has 3 aromatic carbocycles. The standard InChI is InChI=1S/C20H14Br2ClNO/c21-16-10-15(12-24-18-8-6-17(23)7-9-18)20(19(22)11-16)25-13-14-4-2-1-3-5-14/h1-12H,13H2. The van der Waals surface area contributed by atoms with Gasteiger partial charge in [-0.15, -0.1) is 0 Å². The maximum Gasteiger partial charge on any atom is 0.142 e. The summed E-state index contributed by atoms with van der Waals surface area (Å²) in [5.74, 6) is 0.754. The van der Waals surface area contributed by atoms with E-state index in [1.54, 1.807) is 6.21 Å². The smallest absolute Gasteiger partial charge is 0.142 e. The van der Waals surface area contributed by atoms with Crippen LogP contribution in [-0.4, -0.2) is 6.21 Å². The summed E-state index contributed by atoms with van der Waals surface area (Å²) in [6.45, 7) is 0.489. The first-order chi connectivity index (χ1) is 12.1. The highest BCUT2D eigenvalue weighted by Gasteiger charge is 2.09. The van der Waals surface area contributed by atoms with Gasteiger partial charge in [0.15, 0.2) is 0 Å². The Hall–Kier alpha value is -1.62. The Kier molecular flexibility index (Phi) is 6.29. The molecule has 0 saturated heterocycles. The van der Waals surface area contributed by atoms with Crippen LogP contribution in [0.15, 0.2) is 80.7 Å². The molecule has 0 N–H and O–H groups in total. The van der Waals surface area contributed by atoms with Crippen molar-refractivity contribution in [2.75, 3.05) is 0 Å². The van der Waals surface area contributed by atoms with Gasteiger partial charge in [-0.05, 0) is 57.9 Å². The van der Waals surface area contributed by atoms with E-state index in [-0.39, 0.29) is 0 Å². The monoisotopic (exact) mass is 477 g/mol. The number of hydrogen-bond donors (Lipinski definition) is 0. The van der Waals surface area contributed by atoms with E-state index in [0.29, 0.717) is 11.6 Å². The van der Waals surface area contributed by atoms with Crippen molar-refractivity contribution in [1.29, 1.82) is 0 Å². The minimum absolute atomic E-state index is 0.489. The van der Waals surface area contributed by atoms with E-state index in [4.69, 9.17) is 16.3 Å². The van der Waals surface area contributed by atoms with Gasteiger partial charge >= 0.3 is 0 Å². The van der Waals surface area contributed by atoms with Crippen molar-refractivity contribution in [2.24, 2.45) is 4.99 Å². The molecule has 0 radical (unpaired) electrons. The van der Waals surface area contributed by atoms with Gasteiger partial charge in [-0.1, -0.05) is 57.9 Å². The van der Waals surface area contributed by atoms with Crippen molar-refractivity contribution in [1.82, 2.24) is 0 Å². The van der Waals surface area contributed by atoms with Crippen LogP contribution in [0, 0.1) is 0 Å². The SMILES string of the molecule is Clc1ccc(N=Cc2cc(Br)cc(Br)c2OCc2ccccc2)cc1. The van der Waals surface area contributed by atoms with E-state index < -0.39 is 0 Å². The Morgan fingerprint density at radius 1 is 0.960 bits per heavy atom. The molecule has 0 aliphatic rings. The molecule has 0 saturated carbocycles. The van der Waals surface area contributed by atoms with E-state index in [9.17, 15) is 0 Å². The first kappa shape index (κ1) is 18.2. The number of nitrogens with zero attached hydrogens (tertiary/aromatic N) is 1. The Morgan fingerprint density at radius 3 is 2.40 bits per heavy atom. The van der Waals surface area contributed by atoms with E-state index in [1.165, 1.54) is 0 Å². The number of halogens is 3. The number of benzene rings is 3. The van der Waals surface area contributed by atoms with Gasteiger partial charge in [0.1, 0.15) is 12.4 Å². The minimum atomic E-state index is 0.489. The zero-order valence-corrected chi connectivity index (χ0v) is 17.1. The molecule has 0 aliphatic carbocycles. The molecule has 3 aromatic rings. The van der Waals surface area contributed by atoms with Crippen molar-refractivity contribution in [3.05, 3.63) is 91.8 Å². The van der Waals surface area contributed by atoms with Gasteiger partial charge in [0, 0.05) is 21.3 Å². The predicted molar refractivity (Wildman–Crippen MR) is 111 cm³/mol. The zero-order valence-electron chi connectivity index (χ0n) is 13.1. The Labute approximate surface area is 168 Å². The van der Waals surface area contributed by atoms with Gasteiger partial charge in [0.05, 0.1) is 10.2 Å². The molecule has 0 aliphatic heterocycles. The highest BCUT2D eigenvalue weighted by Crippen LogP contribution is 2.33. The molecule has 0 aromatic heterocycles. The van der Waals surface area contributed by atoms with Crippen LogP contribution in [0.25, 0.3) is 0 Å². The summed E-state index contributed by atoms with van der Waals surface area (Å²) >= 11 is 13.0. The maximum atomic E-state index is 6.04. The molecule has 5 heteroatoms. The van der Waals surface area contributed by atoms with Crippen LogP contribution < -0.4 is 4.74 Å². The molecular formula is C20H14Br2ClNO. The highest BCUT2D eigenvalue weighted by molar-refractivity contribution is 9.11. The third-order valence-electron chi connectivity index (χ3n) is 3.44. The van der Waals surface area contributed by atoms with E-state index in [2.05, 4.69) is 36.9 Å². The average Bonchev–Trinajstić information content (AvgIpc) is 2.61. The lowest BCUT2D eigenvalue weighted by Crippen LogP contribution is -1.99. The quantitative estimate of drug-likeness (QED) is 0.355. The molecule has 3 rings (SSSR count). The van der Waals surface area contributed by atoms with Crippen molar-refractivity contribution >= 4 is 55.4 Å². The van der Waals surface area contributed by atoms with Gasteiger partial charge in [0.2, 0.25) is 0 Å². The van der Waals surface area contributed by atoms with Crippen LogP contribution in [0.4, 0.5) is 5.69 Å². The van der Waals surface area contributed by atoms with Gasteiger partial charge in [-0.2, -0.15) is 0 Å². The summed E-state index contributed by atoms with van der Waals surface area (Å²) in [6.07, 6.45) is 1.79. The van der Waals surface area contributed by atoms with Crippen LogP contribution >= 0.6 is 43.5 Å². The number of hydrogen-bond acceptors (Lipinski definition) is 2.